The summed E-state index contributed by atoms with van der Waals surface area (Å²) in [5, 5.41) is 2.96. The van der Waals surface area contributed by atoms with E-state index in [1.54, 1.807) is 36.4 Å². The molecule has 0 radical (unpaired) electrons. The molecule has 3 aromatic carbocycles. The average molecular weight is 594 g/mol. The van der Waals surface area contributed by atoms with Crippen LogP contribution in [0.3, 0.4) is 0 Å². The molecule has 3 aromatic rings. The second kappa shape index (κ2) is 16.0. The zero-order chi connectivity index (χ0) is 30.5. The first-order chi connectivity index (χ1) is 20.2. The molecule has 0 saturated carbocycles. The van der Waals surface area contributed by atoms with E-state index in [1.807, 2.05) is 58.0 Å². The number of unbranched alkanes of at least 4 members (excludes halogenated alkanes) is 1. The van der Waals surface area contributed by atoms with E-state index >= 15 is 0 Å². The third-order valence-corrected chi connectivity index (χ3v) is 8.80. The zero-order valence-corrected chi connectivity index (χ0v) is 25.9. The molecule has 0 spiro atoms. The van der Waals surface area contributed by atoms with Gasteiger partial charge in [-0.25, -0.2) is 8.42 Å². The summed E-state index contributed by atoms with van der Waals surface area (Å²) in [6.07, 6.45) is 2.67. The molecule has 0 aliphatic heterocycles. The summed E-state index contributed by atoms with van der Waals surface area (Å²) in [5.41, 5.74) is 2.19. The number of benzene rings is 3. The second-order valence-corrected chi connectivity index (χ2v) is 12.0. The standard InChI is InChI=1S/C33H43N3O5S/c1-5-8-23-34-33(38)29(6-2)35(24-22-27-14-10-9-11-15-27)32(37)25-36(30-16-12-13-17-31(30)41-7-3)42(39,40)28-20-18-26(4)19-21-28/h9-21,29H,5-8,22-25H2,1-4H3,(H,34,38)/t29-/m0/s1. The highest BCUT2D eigenvalue weighted by atomic mass is 32.2. The molecule has 9 heteroatoms. The number of carbonyl (C=O) groups excluding carboxylic acids is 2. The smallest absolute Gasteiger partial charge is 0.264 e. The van der Waals surface area contributed by atoms with Gasteiger partial charge >= 0.3 is 0 Å². The molecule has 0 bridgehead atoms. The van der Waals surface area contributed by atoms with E-state index in [2.05, 4.69) is 5.32 Å². The van der Waals surface area contributed by atoms with Crippen molar-refractivity contribution in [2.75, 3.05) is 30.5 Å². The largest absolute Gasteiger partial charge is 0.492 e. The monoisotopic (exact) mass is 593 g/mol. The van der Waals surface area contributed by atoms with Crippen molar-refractivity contribution in [1.82, 2.24) is 10.2 Å². The van der Waals surface area contributed by atoms with Gasteiger partial charge in [-0.2, -0.15) is 0 Å². The third-order valence-electron chi connectivity index (χ3n) is 7.02. The highest BCUT2D eigenvalue weighted by Gasteiger charge is 2.34. The lowest BCUT2D eigenvalue weighted by Gasteiger charge is -2.33. The number of hydrogen-bond acceptors (Lipinski definition) is 5. The molecule has 226 valence electrons. The first-order valence-electron chi connectivity index (χ1n) is 14.6. The molecule has 0 aromatic heterocycles. The molecule has 2 amide bonds. The van der Waals surface area contributed by atoms with Crippen LogP contribution in [-0.4, -0.2) is 57.4 Å². The molecular weight excluding hydrogens is 550 g/mol. The van der Waals surface area contributed by atoms with Gasteiger partial charge in [-0.05, 0) is 62.9 Å². The van der Waals surface area contributed by atoms with Crippen molar-refractivity contribution >= 4 is 27.5 Å². The van der Waals surface area contributed by atoms with Crippen molar-refractivity contribution < 1.29 is 22.7 Å². The van der Waals surface area contributed by atoms with Gasteiger partial charge in [0.1, 0.15) is 18.3 Å². The Labute approximate surface area is 250 Å². The Balaban J connectivity index is 2.03. The first kappa shape index (κ1) is 32.7. The van der Waals surface area contributed by atoms with E-state index in [0.29, 0.717) is 31.7 Å². The molecule has 0 aliphatic carbocycles. The number of sulfonamides is 1. The van der Waals surface area contributed by atoms with E-state index in [-0.39, 0.29) is 23.0 Å². The molecular formula is C33H43N3O5S. The van der Waals surface area contributed by atoms with Gasteiger partial charge < -0.3 is 15.0 Å². The predicted octanol–water partition coefficient (Wildman–Crippen LogP) is 5.36. The van der Waals surface area contributed by atoms with E-state index in [9.17, 15) is 18.0 Å². The van der Waals surface area contributed by atoms with Crippen molar-refractivity contribution in [3.63, 3.8) is 0 Å². The van der Waals surface area contributed by atoms with Crippen LogP contribution < -0.4 is 14.4 Å². The van der Waals surface area contributed by atoms with E-state index < -0.39 is 28.5 Å². The van der Waals surface area contributed by atoms with Crippen LogP contribution in [0.1, 0.15) is 51.2 Å². The molecule has 42 heavy (non-hydrogen) atoms. The van der Waals surface area contributed by atoms with Crippen LogP contribution in [0.2, 0.25) is 0 Å². The maximum absolute atomic E-state index is 14.2. The van der Waals surface area contributed by atoms with Crippen molar-refractivity contribution in [1.29, 1.82) is 0 Å². The molecule has 0 heterocycles. The number of para-hydroxylation sites is 2. The number of aryl methyl sites for hydroxylation is 1. The van der Waals surface area contributed by atoms with Gasteiger partial charge in [0.25, 0.3) is 10.0 Å². The van der Waals surface area contributed by atoms with E-state index in [1.165, 1.54) is 17.0 Å². The van der Waals surface area contributed by atoms with Gasteiger partial charge in [-0.15, -0.1) is 0 Å². The predicted molar refractivity (Wildman–Crippen MR) is 167 cm³/mol. The Morgan fingerprint density at radius 3 is 2.21 bits per heavy atom. The molecule has 1 atom stereocenters. The lowest BCUT2D eigenvalue weighted by molar-refractivity contribution is -0.139. The van der Waals surface area contributed by atoms with Crippen LogP contribution >= 0.6 is 0 Å². The minimum atomic E-state index is -4.17. The normalized spacial score (nSPS) is 11.9. The Morgan fingerprint density at radius 1 is 0.905 bits per heavy atom. The molecule has 3 rings (SSSR count). The van der Waals surface area contributed by atoms with E-state index in [4.69, 9.17) is 4.74 Å². The average Bonchev–Trinajstić information content (AvgIpc) is 2.99. The third kappa shape index (κ3) is 8.58. The maximum Gasteiger partial charge on any atom is 0.264 e. The Kier molecular flexibility index (Phi) is 12.4. The topological polar surface area (TPSA) is 96.0 Å². The minimum absolute atomic E-state index is 0.0624. The lowest BCUT2D eigenvalue weighted by Crippen LogP contribution is -2.53. The fraction of sp³-hybridized carbons (Fsp3) is 0.394. The van der Waals surface area contributed by atoms with Crippen LogP contribution in [0.15, 0.2) is 83.8 Å². The van der Waals surface area contributed by atoms with Gasteiger partial charge in [0.2, 0.25) is 11.8 Å². The quantitative estimate of drug-likeness (QED) is 0.226. The van der Waals surface area contributed by atoms with Crippen LogP contribution in [0.25, 0.3) is 0 Å². The van der Waals surface area contributed by atoms with Gasteiger partial charge in [0.15, 0.2) is 0 Å². The summed E-state index contributed by atoms with van der Waals surface area (Å²) in [6.45, 7) is 8.20. The van der Waals surface area contributed by atoms with Gasteiger partial charge in [0.05, 0.1) is 17.2 Å². The molecule has 8 nitrogen and oxygen atoms in total. The number of ether oxygens (including phenoxy) is 1. The Morgan fingerprint density at radius 2 is 1.57 bits per heavy atom. The van der Waals surface area contributed by atoms with Gasteiger partial charge in [0, 0.05) is 13.1 Å². The number of rotatable bonds is 16. The highest BCUT2D eigenvalue weighted by Crippen LogP contribution is 2.33. The zero-order valence-electron chi connectivity index (χ0n) is 25.1. The molecule has 0 saturated heterocycles. The number of carbonyl (C=O) groups is 2. The van der Waals surface area contributed by atoms with Crippen molar-refractivity contribution in [2.45, 2.75) is 64.3 Å². The number of nitrogens with one attached hydrogen (secondary N) is 1. The van der Waals surface area contributed by atoms with Crippen molar-refractivity contribution in [3.05, 3.63) is 90.0 Å². The molecule has 0 aliphatic rings. The summed E-state index contributed by atoms with van der Waals surface area (Å²) >= 11 is 0. The minimum Gasteiger partial charge on any atom is -0.492 e. The molecule has 0 unspecified atom stereocenters. The van der Waals surface area contributed by atoms with Crippen molar-refractivity contribution in [2.24, 2.45) is 0 Å². The van der Waals surface area contributed by atoms with Crippen LogP contribution in [0.4, 0.5) is 5.69 Å². The molecule has 1 N–H and O–H groups in total. The number of hydrogen-bond donors (Lipinski definition) is 1. The van der Waals surface area contributed by atoms with Crippen LogP contribution in [0, 0.1) is 6.92 Å². The number of amides is 2. The van der Waals surface area contributed by atoms with E-state index in [0.717, 1.165) is 28.3 Å². The highest BCUT2D eigenvalue weighted by molar-refractivity contribution is 7.92. The first-order valence-corrected chi connectivity index (χ1v) is 16.1. The summed E-state index contributed by atoms with van der Waals surface area (Å²) in [4.78, 5) is 29.1. The summed E-state index contributed by atoms with van der Waals surface area (Å²) in [6, 6.07) is 22.3. The summed E-state index contributed by atoms with van der Waals surface area (Å²) in [7, 11) is -4.17. The van der Waals surface area contributed by atoms with Crippen molar-refractivity contribution in [3.8, 4) is 5.75 Å². The molecule has 0 fully saturated rings. The SMILES string of the molecule is CCCCNC(=O)[C@H](CC)N(CCc1ccccc1)C(=O)CN(c1ccccc1OCC)S(=O)(=O)c1ccc(C)cc1. The fourth-order valence-corrected chi connectivity index (χ4v) is 6.12. The second-order valence-electron chi connectivity index (χ2n) is 10.1. The van der Waals surface area contributed by atoms with Crippen LogP contribution in [-0.2, 0) is 26.0 Å². The van der Waals surface area contributed by atoms with Gasteiger partial charge in [-0.1, -0.05) is 80.4 Å². The van der Waals surface area contributed by atoms with Gasteiger partial charge in [-0.3, -0.25) is 13.9 Å². The lowest BCUT2D eigenvalue weighted by atomic mass is 10.1. The summed E-state index contributed by atoms with van der Waals surface area (Å²) < 4.78 is 35.1. The summed E-state index contributed by atoms with van der Waals surface area (Å²) in [5.74, 6) is -0.357. The Bertz CT molecular complexity index is 1390. The number of nitrogens with zero attached hydrogens (tertiary/aromatic N) is 2. The Hall–Kier alpha value is -3.85. The number of anilines is 1. The fourth-order valence-electron chi connectivity index (χ4n) is 4.69. The van der Waals surface area contributed by atoms with Crippen LogP contribution in [0.5, 0.6) is 5.75 Å². The maximum atomic E-state index is 14.2.